The van der Waals surface area contributed by atoms with E-state index >= 15 is 0 Å². The summed E-state index contributed by atoms with van der Waals surface area (Å²) in [7, 11) is 0. The van der Waals surface area contributed by atoms with Crippen LogP contribution in [0.1, 0.15) is 40.4 Å². The van der Waals surface area contributed by atoms with Gasteiger partial charge in [-0.25, -0.2) is 4.39 Å². The number of nitrogens with zero attached hydrogens (tertiary/aromatic N) is 1. The van der Waals surface area contributed by atoms with Crippen LogP contribution in [0, 0.1) is 5.82 Å². The molecular weight excluding hydrogens is 279 g/mol. The van der Waals surface area contributed by atoms with E-state index < -0.39 is 5.91 Å². The number of halogens is 1. The molecule has 0 aliphatic carbocycles. The Bertz CT molecular complexity index is 652. The fraction of sp³-hybridized carbons (Fsp3) is 0.278. The van der Waals surface area contributed by atoms with Gasteiger partial charge in [-0.3, -0.25) is 9.69 Å². The van der Waals surface area contributed by atoms with E-state index in [-0.39, 0.29) is 5.82 Å². The molecule has 1 aliphatic heterocycles. The maximum absolute atomic E-state index is 13.1. The molecule has 0 radical (unpaired) electrons. The molecule has 0 bridgehead atoms. The second-order valence-corrected chi connectivity index (χ2v) is 5.74. The molecule has 2 aromatic carbocycles. The predicted octanol–water partition coefficient (Wildman–Crippen LogP) is 3.26. The Kier molecular flexibility index (Phi) is 4.20. The Morgan fingerprint density at radius 3 is 2.45 bits per heavy atom. The standard InChI is InChI=1S/C18H19FN2O/c19-16-9-7-14(8-10-16)17-2-1-11-21(17)12-13-3-5-15(6-4-13)18(20)22/h3-10,17H,1-2,11-12H2,(H2,20,22). The van der Waals surface area contributed by atoms with Crippen molar-refractivity contribution in [3.8, 4) is 0 Å². The van der Waals surface area contributed by atoms with Crippen LogP contribution in [0.25, 0.3) is 0 Å². The maximum Gasteiger partial charge on any atom is 0.248 e. The maximum atomic E-state index is 13.1. The first-order chi connectivity index (χ1) is 10.6. The quantitative estimate of drug-likeness (QED) is 0.941. The van der Waals surface area contributed by atoms with Crippen molar-refractivity contribution >= 4 is 5.91 Å². The van der Waals surface area contributed by atoms with Crippen molar-refractivity contribution in [2.75, 3.05) is 6.54 Å². The third-order valence-electron chi connectivity index (χ3n) is 4.24. The second kappa shape index (κ2) is 6.28. The van der Waals surface area contributed by atoms with Crippen LogP contribution < -0.4 is 5.73 Å². The fourth-order valence-corrected chi connectivity index (χ4v) is 3.09. The van der Waals surface area contributed by atoms with Gasteiger partial charge in [-0.05, 0) is 54.8 Å². The van der Waals surface area contributed by atoms with Crippen molar-refractivity contribution in [2.45, 2.75) is 25.4 Å². The van der Waals surface area contributed by atoms with Gasteiger partial charge < -0.3 is 5.73 Å². The summed E-state index contributed by atoms with van der Waals surface area (Å²) < 4.78 is 13.1. The number of carbonyl (C=O) groups excluding carboxylic acids is 1. The third-order valence-corrected chi connectivity index (χ3v) is 4.24. The summed E-state index contributed by atoms with van der Waals surface area (Å²) >= 11 is 0. The van der Waals surface area contributed by atoms with E-state index in [9.17, 15) is 9.18 Å². The summed E-state index contributed by atoms with van der Waals surface area (Å²) in [5, 5.41) is 0. The van der Waals surface area contributed by atoms with Gasteiger partial charge in [0.05, 0.1) is 0 Å². The number of nitrogens with two attached hydrogens (primary N) is 1. The van der Waals surface area contributed by atoms with Crippen molar-refractivity contribution in [2.24, 2.45) is 5.73 Å². The molecule has 1 fully saturated rings. The van der Waals surface area contributed by atoms with Gasteiger partial charge in [-0.1, -0.05) is 24.3 Å². The second-order valence-electron chi connectivity index (χ2n) is 5.74. The minimum atomic E-state index is -0.406. The summed E-state index contributed by atoms with van der Waals surface area (Å²) in [6.07, 6.45) is 2.23. The molecule has 4 heteroatoms. The van der Waals surface area contributed by atoms with E-state index in [1.165, 1.54) is 12.1 Å². The van der Waals surface area contributed by atoms with E-state index in [1.54, 1.807) is 12.1 Å². The summed E-state index contributed by atoms with van der Waals surface area (Å²) in [5.41, 5.74) is 8.10. The number of benzene rings is 2. The first kappa shape index (κ1) is 14.7. The molecule has 0 aromatic heterocycles. The molecule has 0 spiro atoms. The van der Waals surface area contributed by atoms with Crippen LogP contribution in [0.5, 0.6) is 0 Å². The number of hydrogen-bond acceptors (Lipinski definition) is 2. The Labute approximate surface area is 129 Å². The van der Waals surface area contributed by atoms with Crippen molar-refractivity contribution in [3.05, 3.63) is 71.0 Å². The van der Waals surface area contributed by atoms with Crippen LogP contribution in [0.15, 0.2) is 48.5 Å². The lowest BCUT2D eigenvalue weighted by atomic mass is 10.0. The van der Waals surface area contributed by atoms with E-state index in [4.69, 9.17) is 5.73 Å². The van der Waals surface area contributed by atoms with E-state index in [1.807, 2.05) is 24.3 Å². The molecule has 3 nitrogen and oxygen atoms in total. The van der Waals surface area contributed by atoms with Gasteiger partial charge in [-0.2, -0.15) is 0 Å². The monoisotopic (exact) mass is 298 g/mol. The summed E-state index contributed by atoms with van der Waals surface area (Å²) in [5.74, 6) is -0.604. The lowest BCUT2D eigenvalue weighted by Crippen LogP contribution is -2.22. The van der Waals surface area contributed by atoms with Crippen molar-refractivity contribution in [1.29, 1.82) is 0 Å². The lowest BCUT2D eigenvalue weighted by molar-refractivity contribution is 0.100. The molecule has 0 saturated carbocycles. The van der Waals surface area contributed by atoms with Gasteiger partial charge in [0.2, 0.25) is 5.91 Å². The van der Waals surface area contributed by atoms with Crippen molar-refractivity contribution in [3.63, 3.8) is 0 Å². The van der Waals surface area contributed by atoms with Gasteiger partial charge in [0.15, 0.2) is 0 Å². The first-order valence-corrected chi connectivity index (χ1v) is 7.52. The number of hydrogen-bond donors (Lipinski definition) is 1. The molecule has 22 heavy (non-hydrogen) atoms. The minimum Gasteiger partial charge on any atom is -0.366 e. The minimum absolute atomic E-state index is 0.199. The number of primary amides is 1. The number of likely N-dealkylation sites (tertiary alicyclic amines) is 1. The molecule has 1 aliphatic rings. The van der Waals surface area contributed by atoms with Crippen LogP contribution in [0.4, 0.5) is 4.39 Å². The smallest absolute Gasteiger partial charge is 0.248 e. The molecule has 1 atom stereocenters. The Morgan fingerprint density at radius 1 is 1.14 bits per heavy atom. The van der Waals surface area contributed by atoms with E-state index in [0.29, 0.717) is 11.6 Å². The largest absolute Gasteiger partial charge is 0.366 e. The zero-order valence-corrected chi connectivity index (χ0v) is 12.3. The molecule has 1 saturated heterocycles. The molecule has 1 unspecified atom stereocenters. The van der Waals surface area contributed by atoms with Crippen molar-refractivity contribution in [1.82, 2.24) is 4.90 Å². The van der Waals surface area contributed by atoms with Crippen molar-refractivity contribution < 1.29 is 9.18 Å². The van der Waals surface area contributed by atoms with Crippen LogP contribution >= 0.6 is 0 Å². The van der Waals surface area contributed by atoms with E-state index in [2.05, 4.69) is 4.90 Å². The third kappa shape index (κ3) is 3.17. The average Bonchev–Trinajstić information content (AvgIpc) is 2.97. The Hall–Kier alpha value is -2.20. The van der Waals surface area contributed by atoms with Crippen LogP contribution in [-0.2, 0) is 6.54 Å². The van der Waals surface area contributed by atoms with Crippen LogP contribution in [-0.4, -0.2) is 17.4 Å². The Balaban J connectivity index is 1.73. The van der Waals surface area contributed by atoms with Gasteiger partial charge in [0.1, 0.15) is 5.82 Å². The zero-order chi connectivity index (χ0) is 15.5. The SMILES string of the molecule is NC(=O)c1ccc(CN2CCCC2c2ccc(F)cc2)cc1. The number of amides is 1. The fourth-order valence-electron chi connectivity index (χ4n) is 3.09. The number of rotatable bonds is 4. The van der Waals surface area contributed by atoms with Crippen LogP contribution in [0.2, 0.25) is 0 Å². The topological polar surface area (TPSA) is 46.3 Å². The number of carbonyl (C=O) groups is 1. The Morgan fingerprint density at radius 2 is 1.82 bits per heavy atom. The molecular formula is C18H19FN2O. The van der Waals surface area contributed by atoms with Gasteiger partial charge in [0, 0.05) is 18.2 Å². The molecule has 1 heterocycles. The molecule has 114 valence electrons. The molecule has 1 amide bonds. The zero-order valence-electron chi connectivity index (χ0n) is 12.3. The van der Waals surface area contributed by atoms with Gasteiger partial charge in [0.25, 0.3) is 0 Å². The highest BCUT2D eigenvalue weighted by molar-refractivity contribution is 5.92. The highest BCUT2D eigenvalue weighted by Crippen LogP contribution is 2.33. The summed E-state index contributed by atoms with van der Waals surface area (Å²) in [6.45, 7) is 1.85. The summed E-state index contributed by atoms with van der Waals surface area (Å²) in [4.78, 5) is 13.5. The predicted molar refractivity (Wildman–Crippen MR) is 83.7 cm³/mol. The lowest BCUT2D eigenvalue weighted by Gasteiger charge is -2.25. The molecule has 2 N–H and O–H groups in total. The first-order valence-electron chi connectivity index (χ1n) is 7.52. The van der Waals surface area contributed by atoms with Gasteiger partial charge in [-0.15, -0.1) is 0 Å². The average molecular weight is 298 g/mol. The highest BCUT2D eigenvalue weighted by Gasteiger charge is 2.25. The van der Waals surface area contributed by atoms with Gasteiger partial charge >= 0.3 is 0 Å². The van der Waals surface area contributed by atoms with E-state index in [0.717, 1.165) is 37.1 Å². The molecule has 2 aromatic rings. The normalized spacial score (nSPS) is 18.5. The molecule has 3 rings (SSSR count). The van der Waals surface area contributed by atoms with Crippen LogP contribution in [0.3, 0.4) is 0 Å². The summed E-state index contributed by atoms with van der Waals surface area (Å²) in [6, 6.07) is 14.5. The highest BCUT2D eigenvalue weighted by atomic mass is 19.1.